The third-order valence-corrected chi connectivity index (χ3v) is 3.84. The highest BCUT2D eigenvalue weighted by Crippen LogP contribution is 2.34. The van der Waals surface area contributed by atoms with Crippen LogP contribution in [0.25, 0.3) is 11.1 Å². The van der Waals surface area contributed by atoms with Gasteiger partial charge < -0.3 is 4.74 Å². The summed E-state index contributed by atoms with van der Waals surface area (Å²) in [4.78, 5) is 0. The number of halogens is 2. The minimum absolute atomic E-state index is 0.364. The third kappa shape index (κ3) is 3.59. The second kappa shape index (κ2) is 7.21. The Morgan fingerprint density at radius 1 is 0.958 bits per heavy atom. The molecule has 0 bridgehead atoms. The molecule has 0 radical (unpaired) electrons. The Balaban J connectivity index is 2.00. The van der Waals surface area contributed by atoms with Crippen molar-refractivity contribution in [2.45, 2.75) is 6.61 Å². The van der Waals surface area contributed by atoms with E-state index < -0.39 is 0 Å². The zero-order valence-electron chi connectivity index (χ0n) is 12.8. The number of terminal acetylenes is 1. The van der Waals surface area contributed by atoms with Crippen LogP contribution in [0.2, 0.25) is 5.02 Å². The molecule has 0 amide bonds. The van der Waals surface area contributed by atoms with Crippen molar-refractivity contribution in [2.24, 2.45) is 0 Å². The first-order valence-corrected chi connectivity index (χ1v) is 7.78. The van der Waals surface area contributed by atoms with Gasteiger partial charge in [0.2, 0.25) is 0 Å². The maximum absolute atomic E-state index is 14.2. The van der Waals surface area contributed by atoms with Gasteiger partial charge in [-0.15, -0.1) is 6.42 Å². The Hall–Kier alpha value is -2.76. The standard InChI is InChI=1S/C21H14ClFO/c1-2-15-8-10-18(19-13-17(22)9-11-20(19)23)21(12-15)24-14-16-6-4-3-5-7-16/h1,3-13H,14H2. The van der Waals surface area contributed by atoms with E-state index in [1.54, 1.807) is 24.3 Å². The van der Waals surface area contributed by atoms with Crippen LogP contribution in [0, 0.1) is 18.2 Å². The lowest BCUT2D eigenvalue weighted by molar-refractivity contribution is 0.307. The minimum Gasteiger partial charge on any atom is -0.488 e. The van der Waals surface area contributed by atoms with Crippen LogP contribution in [-0.2, 0) is 6.61 Å². The molecule has 0 unspecified atom stereocenters. The average molecular weight is 337 g/mol. The Labute approximate surface area is 145 Å². The van der Waals surface area contributed by atoms with Crippen molar-refractivity contribution >= 4 is 11.6 Å². The van der Waals surface area contributed by atoms with E-state index in [9.17, 15) is 4.39 Å². The second-order valence-corrected chi connectivity index (χ2v) is 5.69. The maximum Gasteiger partial charge on any atom is 0.131 e. The molecule has 3 rings (SSSR count). The number of hydrogen-bond acceptors (Lipinski definition) is 1. The first-order chi connectivity index (χ1) is 11.7. The molecule has 0 aromatic heterocycles. The van der Waals surface area contributed by atoms with Gasteiger partial charge in [-0.3, -0.25) is 0 Å². The summed E-state index contributed by atoms with van der Waals surface area (Å²) in [5.41, 5.74) is 2.68. The number of rotatable bonds is 4. The minimum atomic E-state index is -0.364. The van der Waals surface area contributed by atoms with Crippen LogP contribution in [0.1, 0.15) is 11.1 Å². The fourth-order valence-electron chi connectivity index (χ4n) is 2.39. The van der Waals surface area contributed by atoms with Gasteiger partial charge in [-0.25, -0.2) is 4.39 Å². The molecule has 0 aliphatic heterocycles. The van der Waals surface area contributed by atoms with Gasteiger partial charge in [0.25, 0.3) is 0 Å². The van der Waals surface area contributed by atoms with E-state index in [1.807, 2.05) is 30.3 Å². The topological polar surface area (TPSA) is 9.23 Å². The first-order valence-electron chi connectivity index (χ1n) is 7.40. The normalized spacial score (nSPS) is 10.2. The zero-order valence-corrected chi connectivity index (χ0v) is 13.6. The predicted molar refractivity (Wildman–Crippen MR) is 95.6 cm³/mol. The lowest BCUT2D eigenvalue weighted by Crippen LogP contribution is -1.98. The largest absolute Gasteiger partial charge is 0.488 e. The van der Waals surface area contributed by atoms with Crippen LogP contribution >= 0.6 is 11.6 Å². The molecule has 0 aliphatic rings. The molecular weight excluding hydrogens is 323 g/mol. The van der Waals surface area contributed by atoms with Gasteiger partial charge in [-0.1, -0.05) is 47.9 Å². The van der Waals surface area contributed by atoms with Crippen molar-refractivity contribution in [2.75, 3.05) is 0 Å². The molecule has 0 saturated heterocycles. The Kier molecular flexibility index (Phi) is 4.84. The molecule has 0 spiro atoms. The summed E-state index contributed by atoms with van der Waals surface area (Å²) in [7, 11) is 0. The van der Waals surface area contributed by atoms with E-state index in [-0.39, 0.29) is 5.82 Å². The molecular formula is C21H14ClFO. The van der Waals surface area contributed by atoms with Crippen LogP contribution in [0.3, 0.4) is 0 Å². The van der Waals surface area contributed by atoms with E-state index in [4.69, 9.17) is 22.8 Å². The molecule has 3 heteroatoms. The van der Waals surface area contributed by atoms with Crippen molar-refractivity contribution in [1.82, 2.24) is 0 Å². The fraction of sp³-hybridized carbons (Fsp3) is 0.0476. The molecule has 0 atom stereocenters. The Bertz CT molecular complexity index is 897. The van der Waals surface area contributed by atoms with E-state index in [0.29, 0.717) is 34.1 Å². The van der Waals surface area contributed by atoms with Crippen LogP contribution in [-0.4, -0.2) is 0 Å². The average Bonchev–Trinajstić information content (AvgIpc) is 2.62. The SMILES string of the molecule is C#Cc1ccc(-c2cc(Cl)ccc2F)c(OCc2ccccc2)c1. The highest BCUT2D eigenvalue weighted by atomic mass is 35.5. The molecule has 118 valence electrons. The van der Waals surface area contributed by atoms with Crippen LogP contribution < -0.4 is 4.74 Å². The monoisotopic (exact) mass is 336 g/mol. The van der Waals surface area contributed by atoms with Gasteiger partial charge >= 0.3 is 0 Å². The highest BCUT2D eigenvalue weighted by Gasteiger charge is 2.12. The lowest BCUT2D eigenvalue weighted by atomic mass is 10.0. The predicted octanol–water partition coefficient (Wildman–Crippen LogP) is 5.71. The van der Waals surface area contributed by atoms with Gasteiger partial charge in [0.1, 0.15) is 18.2 Å². The molecule has 0 heterocycles. The molecule has 0 fully saturated rings. The van der Waals surface area contributed by atoms with E-state index in [2.05, 4.69) is 5.92 Å². The molecule has 3 aromatic carbocycles. The molecule has 0 aliphatic carbocycles. The van der Waals surface area contributed by atoms with Crippen molar-refractivity contribution < 1.29 is 9.13 Å². The molecule has 24 heavy (non-hydrogen) atoms. The summed E-state index contributed by atoms with van der Waals surface area (Å²) in [6, 6.07) is 19.4. The van der Waals surface area contributed by atoms with Gasteiger partial charge in [-0.05, 0) is 42.0 Å². The zero-order chi connectivity index (χ0) is 16.9. The Morgan fingerprint density at radius 2 is 1.75 bits per heavy atom. The molecule has 0 saturated carbocycles. The number of benzene rings is 3. The lowest BCUT2D eigenvalue weighted by Gasteiger charge is -2.13. The first kappa shape index (κ1) is 16.1. The fourth-order valence-corrected chi connectivity index (χ4v) is 2.57. The smallest absolute Gasteiger partial charge is 0.131 e. The van der Waals surface area contributed by atoms with E-state index in [1.165, 1.54) is 12.1 Å². The van der Waals surface area contributed by atoms with Crippen LogP contribution in [0.15, 0.2) is 66.7 Å². The van der Waals surface area contributed by atoms with Crippen molar-refractivity contribution in [1.29, 1.82) is 0 Å². The number of hydrogen-bond donors (Lipinski definition) is 0. The van der Waals surface area contributed by atoms with E-state index in [0.717, 1.165) is 5.56 Å². The molecule has 1 nitrogen and oxygen atoms in total. The van der Waals surface area contributed by atoms with Gasteiger partial charge in [0.05, 0.1) is 0 Å². The summed E-state index contributed by atoms with van der Waals surface area (Å²) < 4.78 is 20.1. The quantitative estimate of drug-likeness (QED) is 0.555. The summed E-state index contributed by atoms with van der Waals surface area (Å²) in [6.45, 7) is 0.365. The van der Waals surface area contributed by atoms with Gasteiger partial charge in [0, 0.05) is 21.7 Å². The number of ether oxygens (including phenoxy) is 1. The third-order valence-electron chi connectivity index (χ3n) is 3.60. The molecule has 0 N–H and O–H groups in total. The highest BCUT2D eigenvalue weighted by molar-refractivity contribution is 6.30. The van der Waals surface area contributed by atoms with Crippen molar-refractivity contribution in [3.8, 4) is 29.2 Å². The molecule has 3 aromatic rings. The van der Waals surface area contributed by atoms with Gasteiger partial charge in [0.15, 0.2) is 0 Å². The van der Waals surface area contributed by atoms with Crippen molar-refractivity contribution in [3.05, 3.63) is 88.7 Å². The Morgan fingerprint density at radius 3 is 2.50 bits per heavy atom. The summed E-state index contributed by atoms with van der Waals surface area (Å²) in [6.07, 6.45) is 5.47. The van der Waals surface area contributed by atoms with Crippen molar-refractivity contribution in [3.63, 3.8) is 0 Å². The second-order valence-electron chi connectivity index (χ2n) is 5.25. The summed E-state index contributed by atoms with van der Waals surface area (Å²) >= 11 is 6.01. The van der Waals surface area contributed by atoms with Crippen LogP contribution in [0.4, 0.5) is 4.39 Å². The maximum atomic E-state index is 14.2. The van der Waals surface area contributed by atoms with Crippen LogP contribution in [0.5, 0.6) is 5.75 Å². The van der Waals surface area contributed by atoms with E-state index >= 15 is 0 Å². The van der Waals surface area contributed by atoms with Gasteiger partial charge in [-0.2, -0.15) is 0 Å². The summed E-state index contributed by atoms with van der Waals surface area (Å²) in [5, 5.41) is 0.460. The summed E-state index contributed by atoms with van der Waals surface area (Å²) in [5.74, 6) is 2.73.